The lowest BCUT2D eigenvalue weighted by molar-refractivity contribution is 0.151. The number of hydrogen-bond acceptors (Lipinski definition) is 4. The van der Waals surface area contributed by atoms with E-state index in [0.717, 1.165) is 46.7 Å². The van der Waals surface area contributed by atoms with E-state index in [-0.39, 0.29) is 12.7 Å². The van der Waals surface area contributed by atoms with Crippen LogP contribution in [0.4, 0.5) is 16.2 Å². The van der Waals surface area contributed by atoms with Gasteiger partial charge in [-0.2, -0.15) is 0 Å². The first-order valence-electron chi connectivity index (χ1n) is 9.07. The molecule has 2 aromatic carbocycles. The number of carbonyl (C=O) groups excluding carboxylic acids is 1. The molecule has 1 aliphatic carbocycles. The molecule has 5 heteroatoms. The van der Waals surface area contributed by atoms with Gasteiger partial charge in [0.2, 0.25) is 0 Å². The molecule has 0 atom stereocenters. The molecule has 2 aromatic rings. The van der Waals surface area contributed by atoms with Gasteiger partial charge in [-0.15, -0.1) is 0 Å². The van der Waals surface area contributed by atoms with Crippen LogP contribution in [0.15, 0.2) is 41.4 Å². The lowest BCUT2D eigenvalue weighted by atomic mass is 9.97. The van der Waals surface area contributed by atoms with Gasteiger partial charge < -0.3 is 9.47 Å². The van der Waals surface area contributed by atoms with E-state index in [1.807, 2.05) is 36.4 Å². The molecule has 0 unspecified atom stereocenters. The smallest absolute Gasteiger partial charge is 0.411 e. The van der Waals surface area contributed by atoms with E-state index >= 15 is 0 Å². The van der Waals surface area contributed by atoms with E-state index in [1.165, 1.54) is 19.3 Å². The van der Waals surface area contributed by atoms with Gasteiger partial charge in [0.15, 0.2) is 0 Å². The minimum atomic E-state index is -0.410. The second-order valence-corrected chi connectivity index (χ2v) is 6.79. The number of fused-ring (bicyclic) bond motifs is 1. The number of nitrogens with one attached hydrogen (secondary N) is 1. The first-order chi connectivity index (χ1) is 12.7. The monoisotopic (exact) mass is 350 g/mol. The van der Waals surface area contributed by atoms with Gasteiger partial charge >= 0.3 is 6.09 Å². The Balaban J connectivity index is 1.59. The van der Waals surface area contributed by atoms with Gasteiger partial charge in [-0.05, 0) is 67.8 Å². The number of cyclic esters (lactones) is 1. The van der Waals surface area contributed by atoms with E-state index in [0.29, 0.717) is 0 Å². The number of rotatable bonds is 4. The molecular formula is C21H22N2O3. The first-order valence-corrected chi connectivity index (χ1v) is 9.07. The molecule has 1 saturated carbocycles. The summed E-state index contributed by atoms with van der Waals surface area (Å²) in [5, 5.41) is 2.71. The Morgan fingerprint density at radius 3 is 2.65 bits per heavy atom. The predicted molar refractivity (Wildman–Crippen MR) is 102 cm³/mol. The maximum absolute atomic E-state index is 11.3. The molecule has 1 heterocycles. The van der Waals surface area contributed by atoms with Crippen LogP contribution >= 0.6 is 0 Å². The van der Waals surface area contributed by atoms with Crippen LogP contribution in [0.1, 0.15) is 37.7 Å². The summed E-state index contributed by atoms with van der Waals surface area (Å²) < 4.78 is 11.2. The van der Waals surface area contributed by atoms with E-state index in [4.69, 9.17) is 9.47 Å². The maximum atomic E-state index is 11.3. The molecule has 0 saturated heterocycles. The summed E-state index contributed by atoms with van der Waals surface area (Å²) in [4.78, 5) is 15.5. The highest BCUT2D eigenvalue weighted by Gasteiger charge is 2.18. The van der Waals surface area contributed by atoms with Crippen molar-refractivity contribution in [1.82, 2.24) is 0 Å². The fraction of sp³-hybridized carbons (Fsp3) is 0.333. The van der Waals surface area contributed by atoms with Crippen molar-refractivity contribution in [3.8, 4) is 16.9 Å². The van der Waals surface area contributed by atoms with Crippen molar-refractivity contribution >= 4 is 24.2 Å². The van der Waals surface area contributed by atoms with Gasteiger partial charge in [-0.1, -0.05) is 18.6 Å². The number of nitrogens with zero attached hydrogens (tertiary/aromatic N) is 1. The molecule has 26 heavy (non-hydrogen) atoms. The fourth-order valence-corrected chi connectivity index (χ4v) is 3.59. The quantitative estimate of drug-likeness (QED) is 0.745. The van der Waals surface area contributed by atoms with Crippen molar-refractivity contribution in [2.75, 3.05) is 5.32 Å². The number of hydrogen-bond donors (Lipinski definition) is 1. The topological polar surface area (TPSA) is 59.9 Å². The van der Waals surface area contributed by atoms with Crippen LogP contribution in [0.3, 0.4) is 0 Å². The van der Waals surface area contributed by atoms with Crippen molar-refractivity contribution in [3.63, 3.8) is 0 Å². The van der Waals surface area contributed by atoms with Crippen molar-refractivity contribution in [2.45, 2.75) is 44.8 Å². The average Bonchev–Trinajstić information content (AvgIpc) is 2.68. The van der Waals surface area contributed by atoms with Gasteiger partial charge in [-0.3, -0.25) is 10.3 Å². The maximum Gasteiger partial charge on any atom is 0.411 e. The van der Waals surface area contributed by atoms with E-state index in [2.05, 4.69) is 17.0 Å². The zero-order valence-electron chi connectivity index (χ0n) is 14.7. The Labute approximate surface area is 153 Å². The van der Waals surface area contributed by atoms with Crippen molar-refractivity contribution < 1.29 is 14.3 Å². The molecule has 134 valence electrons. The van der Waals surface area contributed by atoms with Crippen LogP contribution in [0.5, 0.6) is 5.75 Å². The minimum absolute atomic E-state index is 0.277. The second kappa shape index (κ2) is 7.20. The lowest BCUT2D eigenvalue weighted by Gasteiger charge is -2.24. The van der Waals surface area contributed by atoms with Crippen molar-refractivity contribution in [2.24, 2.45) is 4.99 Å². The van der Waals surface area contributed by atoms with Crippen molar-refractivity contribution in [3.05, 3.63) is 42.0 Å². The molecule has 0 spiro atoms. The van der Waals surface area contributed by atoms with Crippen LogP contribution < -0.4 is 10.1 Å². The van der Waals surface area contributed by atoms with Crippen molar-refractivity contribution in [1.29, 1.82) is 0 Å². The summed E-state index contributed by atoms with van der Waals surface area (Å²) in [5.41, 5.74) is 4.58. The number of benzene rings is 2. The second-order valence-electron chi connectivity index (χ2n) is 6.79. The van der Waals surface area contributed by atoms with Gasteiger partial charge in [0.1, 0.15) is 18.0 Å². The Hall–Kier alpha value is -2.82. The lowest BCUT2D eigenvalue weighted by Crippen LogP contribution is -2.20. The Morgan fingerprint density at radius 1 is 1.08 bits per heavy atom. The highest BCUT2D eigenvalue weighted by molar-refractivity contribution is 5.88. The van der Waals surface area contributed by atoms with E-state index < -0.39 is 6.09 Å². The largest absolute Gasteiger partial charge is 0.488 e. The van der Waals surface area contributed by atoms with Crippen LogP contribution in [-0.4, -0.2) is 18.9 Å². The summed E-state index contributed by atoms with van der Waals surface area (Å²) in [7, 11) is 0. The van der Waals surface area contributed by atoms with E-state index in [9.17, 15) is 4.79 Å². The minimum Gasteiger partial charge on any atom is -0.488 e. The standard InChI is InChI=1S/C21H22N2O3/c1-22-19-12-15(8-10-20(19)26-17-5-3-2-4-6-17)14-7-9-18-16(11-14)13-25-21(24)23-18/h7-12,17H,1-6,13H2,(H,23,24). The van der Waals surface area contributed by atoms with Crippen LogP contribution in [0.2, 0.25) is 0 Å². The third-order valence-corrected chi connectivity index (χ3v) is 5.01. The molecule has 0 radical (unpaired) electrons. The third kappa shape index (κ3) is 3.43. The van der Waals surface area contributed by atoms with Gasteiger partial charge in [0, 0.05) is 5.56 Å². The molecule has 4 rings (SSSR count). The Morgan fingerprint density at radius 2 is 1.85 bits per heavy atom. The van der Waals surface area contributed by atoms with Gasteiger partial charge in [0.25, 0.3) is 0 Å². The molecule has 1 amide bonds. The summed E-state index contributed by atoms with van der Waals surface area (Å²) >= 11 is 0. The number of aliphatic imine (C=N–C) groups is 1. The van der Waals surface area contributed by atoms with Crippen LogP contribution in [0.25, 0.3) is 11.1 Å². The highest BCUT2D eigenvalue weighted by atomic mass is 16.5. The fourth-order valence-electron chi connectivity index (χ4n) is 3.59. The number of carbonyl (C=O) groups is 1. The Kier molecular flexibility index (Phi) is 4.61. The number of anilines is 1. The van der Waals surface area contributed by atoms with Gasteiger partial charge in [0.05, 0.1) is 11.8 Å². The molecule has 1 fully saturated rings. The normalized spacial score (nSPS) is 17.0. The summed E-state index contributed by atoms with van der Waals surface area (Å²) in [6.07, 6.45) is 5.84. The summed E-state index contributed by atoms with van der Waals surface area (Å²) in [6, 6.07) is 11.9. The Bertz CT molecular complexity index is 841. The third-order valence-electron chi connectivity index (χ3n) is 5.01. The van der Waals surface area contributed by atoms with Gasteiger partial charge in [-0.25, -0.2) is 4.79 Å². The summed E-state index contributed by atoms with van der Waals surface area (Å²) in [5.74, 6) is 0.796. The SMILES string of the molecule is C=Nc1cc(-c2ccc3c(c2)COC(=O)N3)ccc1OC1CCCCC1. The molecule has 0 aromatic heterocycles. The zero-order chi connectivity index (χ0) is 17.9. The highest BCUT2D eigenvalue weighted by Crippen LogP contribution is 2.36. The van der Waals surface area contributed by atoms with E-state index in [1.54, 1.807) is 0 Å². The molecule has 5 nitrogen and oxygen atoms in total. The molecule has 2 aliphatic rings. The predicted octanol–water partition coefficient (Wildman–Crippen LogP) is 5.46. The number of ether oxygens (including phenoxy) is 2. The molecule has 1 N–H and O–H groups in total. The average molecular weight is 350 g/mol. The van der Waals surface area contributed by atoms with Crippen LogP contribution in [-0.2, 0) is 11.3 Å². The first kappa shape index (κ1) is 16.6. The molecule has 1 aliphatic heterocycles. The van der Waals surface area contributed by atoms with Crippen LogP contribution in [0, 0.1) is 0 Å². The number of amides is 1. The summed E-state index contributed by atoms with van der Waals surface area (Å²) in [6.45, 7) is 3.98. The zero-order valence-corrected chi connectivity index (χ0v) is 14.7. The molecular weight excluding hydrogens is 328 g/mol. The molecule has 0 bridgehead atoms.